The molecule has 0 aliphatic rings. The van der Waals surface area contributed by atoms with Crippen molar-refractivity contribution in [2.75, 3.05) is 10.6 Å². The van der Waals surface area contributed by atoms with Gasteiger partial charge in [0, 0.05) is 41.7 Å². The van der Waals surface area contributed by atoms with E-state index in [1.165, 1.54) is 50.1 Å². The van der Waals surface area contributed by atoms with E-state index in [0.717, 1.165) is 61.9 Å². The summed E-state index contributed by atoms with van der Waals surface area (Å²) < 4.78 is 2.33. The van der Waals surface area contributed by atoms with Crippen molar-refractivity contribution >= 4 is 11.6 Å². The minimum absolute atomic E-state index is 0.756. The molecule has 40 heavy (non-hydrogen) atoms. The number of hydrogen-bond acceptors (Lipinski definition) is 4. The fourth-order valence-corrected chi connectivity index (χ4v) is 6.15. The zero-order valence-corrected chi connectivity index (χ0v) is 25.7. The van der Waals surface area contributed by atoms with Crippen molar-refractivity contribution in [1.82, 2.24) is 9.97 Å². The third-order valence-electron chi connectivity index (χ3n) is 7.68. The van der Waals surface area contributed by atoms with Crippen molar-refractivity contribution in [3.63, 3.8) is 0 Å². The molecule has 0 saturated carbocycles. The minimum atomic E-state index is 0.756. The van der Waals surface area contributed by atoms with Crippen molar-refractivity contribution in [2.24, 2.45) is 0 Å². The van der Waals surface area contributed by atoms with Crippen LogP contribution in [-0.4, -0.2) is 9.97 Å². The number of aryl methyl sites for hydroxylation is 5. The normalized spacial score (nSPS) is 11.1. The van der Waals surface area contributed by atoms with Gasteiger partial charge in [0.15, 0.2) is 18.9 Å². The molecule has 4 rings (SSSR count). The van der Waals surface area contributed by atoms with Crippen LogP contribution < -0.4 is 15.2 Å². The van der Waals surface area contributed by atoms with Crippen molar-refractivity contribution in [3.05, 3.63) is 110 Å². The van der Waals surface area contributed by atoms with E-state index in [2.05, 4.69) is 119 Å². The fourth-order valence-electron chi connectivity index (χ4n) is 6.15. The SMILES string of the molecule is CCc1c(CNc2cc(C)cc(C)n2)c(CC)c(C[n+]2cccc(C)c2)c(CC)c1CNc1cc(C)cc(C)n1. The standard InChI is InChI=1S/C35H46N5/c1-9-28-31(19-36-34-17-24(5)15-26(7)38-34)29(10-2)33(22-40-14-12-13-23(4)21-40)30(11-3)32(28)20-37-35-18-25(6)16-27(8)39-35/h12-18,21H,9-11,19-20,22H2,1-8H3,(H,36,38)(H,37,39)/q+1. The van der Waals surface area contributed by atoms with Crippen molar-refractivity contribution in [2.45, 2.75) is 94.3 Å². The molecule has 0 unspecified atom stereocenters. The Bertz CT molecular complexity index is 1360. The van der Waals surface area contributed by atoms with Gasteiger partial charge in [0.25, 0.3) is 0 Å². The molecule has 0 bridgehead atoms. The van der Waals surface area contributed by atoms with E-state index in [4.69, 9.17) is 9.97 Å². The van der Waals surface area contributed by atoms with Crippen LogP contribution in [0.2, 0.25) is 0 Å². The molecule has 210 valence electrons. The van der Waals surface area contributed by atoms with Crippen LogP contribution in [0.5, 0.6) is 0 Å². The number of rotatable bonds is 11. The Labute approximate surface area is 241 Å². The maximum Gasteiger partial charge on any atom is 0.174 e. The summed E-state index contributed by atoms with van der Waals surface area (Å²) in [5.41, 5.74) is 14.5. The summed E-state index contributed by atoms with van der Waals surface area (Å²) in [5, 5.41) is 7.39. The molecule has 0 aliphatic carbocycles. The third kappa shape index (κ3) is 6.88. The third-order valence-corrected chi connectivity index (χ3v) is 7.68. The second-order valence-corrected chi connectivity index (χ2v) is 11.0. The number of hydrogen-bond donors (Lipinski definition) is 2. The van der Waals surface area contributed by atoms with Crippen molar-refractivity contribution in [3.8, 4) is 0 Å². The number of anilines is 2. The first-order chi connectivity index (χ1) is 19.2. The molecule has 5 nitrogen and oxygen atoms in total. The van der Waals surface area contributed by atoms with Gasteiger partial charge >= 0.3 is 0 Å². The largest absolute Gasteiger partial charge is 0.366 e. The quantitative estimate of drug-likeness (QED) is 0.198. The Morgan fingerprint density at radius 1 is 0.600 bits per heavy atom. The van der Waals surface area contributed by atoms with E-state index in [-0.39, 0.29) is 0 Å². The Hall–Kier alpha value is -3.73. The van der Waals surface area contributed by atoms with E-state index in [9.17, 15) is 0 Å². The van der Waals surface area contributed by atoms with Crippen LogP contribution in [-0.2, 0) is 38.9 Å². The summed E-state index contributed by atoms with van der Waals surface area (Å²) >= 11 is 0. The first kappa shape index (κ1) is 29.3. The molecule has 3 aromatic heterocycles. The highest BCUT2D eigenvalue weighted by Crippen LogP contribution is 2.32. The van der Waals surface area contributed by atoms with E-state index < -0.39 is 0 Å². The summed E-state index contributed by atoms with van der Waals surface area (Å²) in [4.78, 5) is 9.55. The van der Waals surface area contributed by atoms with Crippen LogP contribution in [0.3, 0.4) is 0 Å². The van der Waals surface area contributed by atoms with Gasteiger partial charge in [-0.1, -0.05) is 20.8 Å². The zero-order chi connectivity index (χ0) is 28.8. The molecule has 0 atom stereocenters. The maximum atomic E-state index is 4.77. The second kappa shape index (κ2) is 13.1. The topological polar surface area (TPSA) is 53.7 Å². The average Bonchev–Trinajstić information content (AvgIpc) is 2.89. The monoisotopic (exact) mass is 536 g/mol. The minimum Gasteiger partial charge on any atom is -0.366 e. The number of pyridine rings is 3. The van der Waals surface area contributed by atoms with Crippen LogP contribution in [0.4, 0.5) is 11.6 Å². The molecule has 0 saturated heterocycles. The predicted octanol–water partition coefficient (Wildman–Crippen LogP) is 7.27. The van der Waals surface area contributed by atoms with Gasteiger partial charge in [-0.15, -0.1) is 0 Å². The first-order valence-electron chi connectivity index (χ1n) is 14.7. The Morgan fingerprint density at radius 2 is 1.07 bits per heavy atom. The van der Waals surface area contributed by atoms with Gasteiger partial charge < -0.3 is 10.6 Å². The molecule has 5 heteroatoms. The van der Waals surface area contributed by atoms with Crippen LogP contribution in [0.15, 0.2) is 48.8 Å². The van der Waals surface area contributed by atoms with Crippen LogP contribution in [0, 0.1) is 34.6 Å². The molecule has 0 radical (unpaired) electrons. The molecule has 2 N–H and O–H groups in total. The number of nitrogens with zero attached hydrogens (tertiary/aromatic N) is 3. The van der Waals surface area contributed by atoms with Crippen molar-refractivity contribution in [1.29, 1.82) is 0 Å². The lowest BCUT2D eigenvalue weighted by atomic mass is 9.83. The second-order valence-electron chi connectivity index (χ2n) is 11.0. The zero-order valence-electron chi connectivity index (χ0n) is 25.7. The number of nitrogens with one attached hydrogen (secondary N) is 2. The summed E-state index contributed by atoms with van der Waals surface area (Å²) in [6, 6.07) is 12.8. The molecular weight excluding hydrogens is 490 g/mol. The summed E-state index contributed by atoms with van der Waals surface area (Å²) in [7, 11) is 0. The average molecular weight is 537 g/mol. The van der Waals surface area contributed by atoms with Gasteiger partial charge in [0.1, 0.15) is 11.6 Å². The molecule has 0 aliphatic heterocycles. The predicted molar refractivity (Wildman–Crippen MR) is 167 cm³/mol. The van der Waals surface area contributed by atoms with Gasteiger partial charge in [0.05, 0.1) is 0 Å². The van der Waals surface area contributed by atoms with Gasteiger partial charge in [0.2, 0.25) is 0 Å². The molecule has 0 spiro atoms. The van der Waals surface area contributed by atoms with E-state index in [0.29, 0.717) is 0 Å². The smallest absolute Gasteiger partial charge is 0.174 e. The number of benzene rings is 1. The van der Waals surface area contributed by atoms with Crippen LogP contribution >= 0.6 is 0 Å². The lowest BCUT2D eigenvalue weighted by Gasteiger charge is -2.26. The Kier molecular flexibility index (Phi) is 9.57. The van der Waals surface area contributed by atoms with Gasteiger partial charge in [-0.25, -0.2) is 14.5 Å². The summed E-state index contributed by atoms with van der Waals surface area (Å²) in [6.07, 6.45) is 7.40. The molecule has 1 aromatic carbocycles. The van der Waals surface area contributed by atoms with E-state index in [1.807, 2.05) is 0 Å². The van der Waals surface area contributed by atoms with Gasteiger partial charge in [-0.3, -0.25) is 0 Å². The van der Waals surface area contributed by atoms with Gasteiger partial charge in [-0.05, 0) is 123 Å². The summed E-state index contributed by atoms with van der Waals surface area (Å²) in [6.45, 7) is 19.8. The molecule has 3 heterocycles. The maximum absolute atomic E-state index is 4.77. The molecule has 4 aromatic rings. The van der Waals surface area contributed by atoms with E-state index >= 15 is 0 Å². The van der Waals surface area contributed by atoms with Crippen molar-refractivity contribution < 1.29 is 4.57 Å². The molecule has 0 amide bonds. The first-order valence-corrected chi connectivity index (χ1v) is 14.7. The highest BCUT2D eigenvalue weighted by Gasteiger charge is 2.23. The lowest BCUT2D eigenvalue weighted by Crippen LogP contribution is -2.35. The summed E-state index contributed by atoms with van der Waals surface area (Å²) in [5.74, 6) is 1.88. The fraction of sp³-hybridized carbons (Fsp3) is 0.400. The van der Waals surface area contributed by atoms with Crippen LogP contribution in [0.25, 0.3) is 0 Å². The molecule has 0 fully saturated rings. The van der Waals surface area contributed by atoms with Crippen LogP contribution in [0.1, 0.15) is 82.2 Å². The Morgan fingerprint density at radius 3 is 1.50 bits per heavy atom. The Balaban J connectivity index is 1.84. The van der Waals surface area contributed by atoms with E-state index in [1.54, 1.807) is 0 Å². The molecular formula is C35H46N5+. The lowest BCUT2D eigenvalue weighted by molar-refractivity contribution is -0.688. The highest BCUT2D eigenvalue weighted by molar-refractivity contribution is 5.55. The highest BCUT2D eigenvalue weighted by atomic mass is 15.0. The van der Waals surface area contributed by atoms with Gasteiger partial charge in [-0.2, -0.15) is 0 Å². The number of aromatic nitrogens is 3.